The Morgan fingerprint density at radius 1 is 1.04 bits per heavy atom. The molecule has 24 heavy (non-hydrogen) atoms. The second-order valence-electron chi connectivity index (χ2n) is 4.95. The van der Waals surface area contributed by atoms with Gasteiger partial charge in [-0.05, 0) is 24.0 Å². The maximum Gasteiger partial charge on any atom is 0.210 e. The van der Waals surface area contributed by atoms with Gasteiger partial charge < -0.3 is 5.32 Å². The van der Waals surface area contributed by atoms with E-state index in [1.165, 1.54) is 11.8 Å². The Morgan fingerprint density at radius 3 is 2.54 bits per heavy atom. The molecule has 0 saturated carbocycles. The molecule has 7 heteroatoms. The molecule has 0 aliphatic heterocycles. The van der Waals surface area contributed by atoms with E-state index in [0.29, 0.717) is 33.3 Å². The Kier molecular flexibility index (Phi) is 5.56. The Morgan fingerprint density at radius 2 is 1.83 bits per heavy atom. The first-order chi connectivity index (χ1) is 11.7. The van der Waals surface area contributed by atoms with Gasteiger partial charge in [0.1, 0.15) is 5.69 Å². The van der Waals surface area contributed by atoms with Crippen LogP contribution in [0.2, 0.25) is 10.0 Å². The van der Waals surface area contributed by atoms with Crippen molar-refractivity contribution < 1.29 is 0 Å². The maximum atomic E-state index is 6.23. The van der Waals surface area contributed by atoms with Gasteiger partial charge in [-0.3, -0.25) is 0 Å². The summed E-state index contributed by atoms with van der Waals surface area (Å²) in [5, 5.41) is 13.6. The smallest absolute Gasteiger partial charge is 0.210 e. The number of thioether (sulfide) groups is 1. The quantitative estimate of drug-likeness (QED) is 0.621. The number of hydrogen-bond acceptors (Lipinski definition) is 5. The van der Waals surface area contributed by atoms with E-state index in [-0.39, 0.29) is 0 Å². The lowest BCUT2D eigenvalue weighted by atomic mass is 10.1. The molecule has 1 N–H and O–H groups in total. The number of benzene rings is 2. The van der Waals surface area contributed by atoms with Gasteiger partial charge in [0.15, 0.2) is 5.82 Å². The molecule has 0 aliphatic rings. The molecule has 1 heterocycles. The summed E-state index contributed by atoms with van der Waals surface area (Å²) in [4.78, 5) is 4.54. The summed E-state index contributed by atoms with van der Waals surface area (Å²) in [5.74, 6) is 0.673. The summed E-state index contributed by atoms with van der Waals surface area (Å²) >= 11 is 13.6. The Labute approximate surface area is 154 Å². The molecule has 0 saturated heterocycles. The predicted molar refractivity (Wildman–Crippen MR) is 101 cm³/mol. The van der Waals surface area contributed by atoms with Crippen LogP contribution in [-0.4, -0.2) is 21.4 Å². The fourth-order valence-electron chi connectivity index (χ4n) is 2.16. The summed E-state index contributed by atoms with van der Waals surface area (Å²) in [6.07, 6.45) is 1.92. The van der Waals surface area contributed by atoms with Crippen molar-refractivity contribution in [3.8, 4) is 11.3 Å². The fourth-order valence-corrected chi connectivity index (χ4v) is 2.94. The average molecular weight is 377 g/mol. The number of anilines is 1. The second kappa shape index (κ2) is 7.83. The predicted octanol–water partition coefficient (Wildman–Crippen LogP) is 5.18. The highest BCUT2D eigenvalue weighted by atomic mass is 35.5. The minimum absolute atomic E-state index is 0.516. The van der Waals surface area contributed by atoms with Gasteiger partial charge in [-0.2, -0.15) is 0 Å². The molecule has 2 aromatic carbocycles. The van der Waals surface area contributed by atoms with Crippen LogP contribution in [0.1, 0.15) is 5.56 Å². The van der Waals surface area contributed by atoms with Crippen LogP contribution in [-0.2, 0) is 6.54 Å². The summed E-state index contributed by atoms with van der Waals surface area (Å²) in [5.41, 5.74) is 2.60. The molecular weight excluding hydrogens is 363 g/mol. The van der Waals surface area contributed by atoms with Gasteiger partial charge in [0.05, 0.1) is 0 Å². The summed E-state index contributed by atoms with van der Waals surface area (Å²) in [6.45, 7) is 0.516. The zero-order valence-corrected chi connectivity index (χ0v) is 15.2. The van der Waals surface area contributed by atoms with Crippen LogP contribution < -0.4 is 5.32 Å². The van der Waals surface area contributed by atoms with Crippen LogP contribution in [0.5, 0.6) is 0 Å². The van der Waals surface area contributed by atoms with E-state index in [1.54, 1.807) is 6.07 Å². The van der Waals surface area contributed by atoms with Crippen LogP contribution in [0, 0.1) is 0 Å². The van der Waals surface area contributed by atoms with Gasteiger partial charge in [0.2, 0.25) is 5.16 Å². The van der Waals surface area contributed by atoms with Crippen molar-refractivity contribution in [2.45, 2.75) is 11.7 Å². The number of rotatable bonds is 5. The number of hydrogen-bond donors (Lipinski definition) is 1. The molecule has 0 atom stereocenters. The van der Waals surface area contributed by atoms with Crippen LogP contribution >= 0.6 is 35.0 Å². The zero-order valence-electron chi connectivity index (χ0n) is 12.8. The fraction of sp³-hybridized carbons (Fsp3) is 0.118. The average Bonchev–Trinajstić information content (AvgIpc) is 2.61. The number of nitrogens with zero attached hydrogens (tertiary/aromatic N) is 3. The topological polar surface area (TPSA) is 50.7 Å². The minimum atomic E-state index is 0.516. The lowest BCUT2D eigenvalue weighted by Crippen LogP contribution is -2.07. The van der Waals surface area contributed by atoms with Crippen molar-refractivity contribution in [1.29, 1.82) is 0 Å². The van der Waals surface area contributed by atoms with Crippen LogP contribution in [0.3, 0.4) is 0 Å². The van der Waals surface area contributed by atoms with Crippen molar-refractivity contribution in [2.75, 3.05) is 11.6 Å². The van der Waals surface area contributed by atoms with E-state index in [2.05, 4.69) is 20.5 Å². The summed E-state index contributed by atoms with van der Waals surface area (Å²) < 4.78 is 0. The third kappa shape index (κ3) is 3.98. The van der Waals surface area contributed by atoms with Crippen molar-refractivity contribution in [2.24, 2.45) is 0 Å². The first-order valence-corrected chi connectivity index (χ1v) is 9.17. The molecule has 0 amide bonds. The number of aromatic nitrogens is 3. The highest BCUT2D eigenvalue weighted by molar-refractivity contribution is 7.98. The number of nitrogens with one attached hydrogen (secondary N) is 1. The van der Waals surface area contributed by atoms with E-state index in [9.17, 15) is 0 Å². The Hall–Kier alpha value is -1.82. The summed E-state index contributed by atoms with van der Waals surface area (Å²) in [6, 6.07) is 15.3. The molecule has 122 valence electrons. The monoisotopic (exact) mass is 376 g/mol. The third-order valence-corrected chi connectivity index (χ3v) is 4.48. The lowest BCUT2D eigenvalue weighted by molar-refractivity contribution is 0.844. The standard InChI is InChI=1S/C17H14Cl2N4S/c1-24-17-21-16(15(22-23-17)11-5-3-2-4-6-11)20-10-12-7-8-13(18)9-14(12)19/h2-9H,10H2,1H3,(H,20,21,23). The molecule has 4 nitrogen and oxygen atoms in total. The molecule has 0 bridgehead atoms. The van der Waals surface area contributed by atoms with Gasteiger partial charge in [0.25, 0.3) is 0 Å². The summed E-state index contributed by atoms with van der Waals surface area (Å²) in [7, 11) is 0. The normalized spacial score (nSPS) is 10.6. The Bertz CT molecular complexity index is 843. The van der Waals surface area contributed by atoms with E-state index >= 15 is 0 Å². The lowest BCUT2D eigenvalue weighted by Gasteiger charge is -2.12. The largest absolute Gasteiger partial charge is 0.364 e. The van der Waals surface area contributed by atoms with E-state index in [1.807, 2.05) is 48.7 Å². The maximum absolute atomic E-state index is 6.23. The Balaban J connectivity index is 1.91. The van der Waals surface area contributed by atoms with Gasteiger partial charge in [-0.15, -0.1) is 10.2 Å². The second-order valence-corrected chi connectivity index (χ2v) is 6.57. The zero-order chi connectivity index (χ0) is 16.9. The van der Waals surface area contributed by atoms with Crippen LogP contribution in [0.4, 0.5) is 5.82 Å². The van der Waals surface area contributed by atoms with Gasteiger partial charge >= 0.3 is 0 Å². The molecule has 0 spiro atoms. The molecule has 0 fully saturated rings. The van der Waals surface area contributed by atoms with Crippen molar-refractivity contribution >= 4 is 40.8 Å². The van der Waals surface area contributed by atoms with Crippen molar-refractivity contribution in [3.05, 3.63) is 64.1 Å². The molecule has 0 unspecified atom stereocenters. The third-order valence-electron chi connectivity index (χ3n) is 3.36. The van der Waals surface area contributed by atoms with Gasteiger partial charge in [0, 0.05) is 22.2 Å². The minimum Gasteiger partial charge on any atom is -0.364 e. The van der Waals surface area contributed by atoms with Crippen molar-refractivity contribution in [1.82, 2.24) is 15.2 Å². The highest BCUT2D eigenvalue weighted by Crippen LogP contribution is 2.27. The van der Waals surface area contributed by atoms with Crippen LogP contribution in [0.25, 0.3) is 11.3 Å². The van der Waals surface area contributed by atoms with E-state index < -0.39 is 0 Å². The first-order valence-electron chi connectivity index (χ1n) is 7.19. The highest BCUT2D eigenvalue weighted by Gasteiger charge is 2.12. The van der Waals surface area contributed by atoms with Gasteiger partial charge in [-0.1, -0.05) is 71.4 Å². The van der Waals surface area contributed by atoms with Crippen LogP contribution in [0.15, 0.2) is 53.7 Å². The SMILES string of the molecule is CSc1nnc(-c2ccccc2)c(NCc2ccc(Cl)cc2Cl)n1. The first kappa shape index (κ1) is 17.0. The van der Waals surface area contributed by atoms with E-state index in [4.69, 9.17) is 23.2 Å². The molecule has 0 radical (unpaired) electrons. The molecule has 3 aromatic rings. The van der Waals surface area contributed by atoms with E-state index in [0.717, 1.165) is 11.1 Å². The van der Waals surface area contributed by atoms with Gasteiger partial charge in [-0.25, -0.2) is 4.98 Å². The molecule has 3 rings (SSSR count). The molecule has 1 aromatic heterocycles. The molecular formula is C17H14Cl2N4S. The number of halogens is 2. The van der Waals surface area contributed by atoms with Crippen molar-refractivity contribution in [3.63, 3.8) is 0 Å². The molecule has 0 aliphatic carbocycles.